The molecule has 0 saturated carbocycles. The fourth-order valence-electron chi connectivity index (χ4n) is 0.250. The van der Waals surface area contributed by atoms with Crippen LogP contribution in [0.25, 0.3) is 0 Å². The first-order chi connectivity index (χ1) is 4.15. The molecule has 0 aromatic heterocycles. The highest BCUT2D eigenvalue weighted by atomic mass is 35.6. The zero-order valence-corrected chi connectivity index (χ0v) is 7.89. The van der Waals surface area contributed by atoms with Gasteiger partial charge in [0.1, 0.15) is 0 Å². The van der Waals surface area contributed by atoms with Crippen molar-refractivity contribution in [2.24, 2.45) is 0 Å². The summed E-state index contributed by atoms with van der Waals surface area (Å²) in [6.07, 6.45) is 0. The Hall–Kier alpha value is 0.895. The lowest BCUT2D eigenvalue weighted by atomic mass is 10.7. The van der Waals surface area contributed by atoms with E-state index < -0.39 is 4.96 Å². The molecule has 0 aromatic carbocycles. The van der Waals surface area contributed by atoms with Gasteiger partial charge in [0, 0.05) is 0 Å². The molecule has 5 heteroatoms. The van der Waals surface area contributed by atoms with Crippen LogP contribution in [-0.4, -0.2) is 18.0 Å². The van der Waals surface area contributed by atoms with Crippen molar-refractivity contribution < 1.29 is 0 Å². The average Bonchev–Trinajstić information content (AvgIpc) is 1.66. The molecule has 0 atom stereocenters. The van der Waals surface area contributed by atoms with Crippen LogP contribution in [0, 0.1) is 0 Å². The van der Waals surface area contributed by atoms with Gasteiger partial charge in [-0.05, 0) is 13.1 Å². The monoisotopic (exact) mass is 189 g/mol. The van der Waals surface area contributed by atoms with Crippen molar-refractivity contribution in [3.8, 4) is 0 Å². The molecule has 0 bridgehead atoms. The van der Waals surface area contributed by atoms with Gasteiger partial charge in [-0.25, -0.2) is 0 Å². The normalized spacial score (nSPS) is 7.67. The molecule has 56 valence electrons. The van der Waals surface area contributed by atoms with Crippen molar-refractivity contribution in [1.82, 2.24) is 5.32 Å². The van der Waals surface area contributed by atoms with Gasteiger partial charge in [-0.2, -0.15) is 34.4 Å². The second-order valence-electron chi connectivity index (χ2n) is 1.20. The first-order valence-electron chi connectivity index (χ1n) is 2.78. The standard InChI is InChI=1S/C4H11N.BCl3/c1-3-5-4-2;2-1(3)4/h5H,3-4H2,1-2H3;. The van der Waals surface area contributed by atoms with Crippen LogP contribution in [0.1, 0.15) is 13.8 Å². The molecule has 0 aliphatic carbocycles. The van der Waals surface area contributed by atoms with E-state index in [9.17, 15) is 0 Å². The smallest absolute Gasteiger partial charge is 0.317 e. The Bertz CT molecular complexity index is 40.0. The van der Waals surface area contributed by atoms with E-state index in [4.69, 9.17) is 34.4 Å². The molecular weight excluding hydrogens is 179 g/mol. The lowest BCUT2D eigenvalue weighted by Crippen LogP contribution is -2.09. The van der Waals surface area contributed by atoms with Crippen molar-refractivity contribution >= 4 is 39.3 Å². The molecule has 1 N–H and O–H groups in total. The highest BCUT2D eigenvalue weighted by molar-refractivity contribution is 7.54. The maximum absolute atomic E-state index is 4.81. The minimum absolute atomic E-state index is 0.750. The Morgan fingerprint density at radius 2 is 1.33 bits per heavy atom. The molecule has 0 spiro atoms. The molecule has 0 rings (SSSR count). The van der Waals surface area contributed by atoms with Crippen molar-refractivity contribution in [2.75, 3.05) is 13.1 Å². The van der Waals surface area contributed by atoms with Crippen LogP contribution in [0.2, 0.25) is 0 Å². The van der Waals surface area contributed by atoms with Gasteiger partial charge in [0.15, 0.2) is 0 Å². The zero-order chi connectivity index (χ0) is 7.70. The molecule has 0 saturated heterocycles. The van der Waals surface area contributed by atoms with Crippen LogP contribution < -0.4 is 5.32 Å². The quantitative estimate of drug-likeness (QED) is 0.659. The molecule has 0 heterocycles. The molecule has 0 amide bonds. The highest BCUT2D eigenvalue weighted by Gasteiger charge is 1.91. The third kappa shape index (κ3) is 50.5. The number of hydrogen-bond acceptors (Lipinski definition) is 1. The van der Waals surface area contributed by atoms with Crippen molar-refractivity contribution in [1.29, 1.82) is 0 Å². The van der Waals surface area contributed by atoms with E-state index in [-0.39, 0.29) is 0 Å². The fourth-order valence-corrected chi connectivity index (χ4v) is 0.250. The Kier molecular flexibility index (Phi) is 16.3. The minimum atomic E-state index is -0.750. The van der Waals surface area contributed by atoms with Gasteiger partial charge in [-0.15, -0.1) is 0 Å². The molecule has 0 aromatic rings. The predicted molar refractivity (Wildman–Crippen MR) is 47.5 cm³/mol. The van der Waals surface area contributed by atoms with Gasteiger partial charge >= 0.3 is 4.96 Å². The number of rotatable bonds is 2. The van der Waals surface area contributed by atoms with E-state index in [2.05, 4.69) is 19.2 Å². The fraction of sp³-hybridized carbons (Fsp3) is 1.00. The minimum Gasteiger partial charge on any atom is -0.317 e. The summed E-state index contributed by atoms with van der Waals surface area (Å²) in [7, 11) is 0. The van der Waals surface area contributed by atoms with E-state index in [1.54, 1.807) is 0 Å². The van der Waals surface area contributed by atoms with Gasteiger partial charge in [-0.1, -0.05) is 13.8 Å². The SMILES string of the molecule is CCNCC.ClB(Cl)Cl. The topological polar surface area (TPSA) is 12.0 Å². The Morgan fingerprint density at radius 3 is 1.33 bits per heavy atom. The summed E-state index contributed by atoms with van der Waals surface area (Å²) in [6.45, 7) is 6.39. The Labute approximate surface area is 71.9 Å². The molecule has 1 nitrogen and oxygen atoms in total. The second-order valence-corrected chi connectivity index (χ2v) is 3.18. The number of hydrogen-bond donors (Lipinski definition) is 1. The number of halogens is 3. The third-order valence-corrected chi connectivity index (χ3v) is 0.500. The summed E-state index contributed by atoms with van der Waals surface area (Å²) < 4.78 is 0. The van der Waals surface area contributed by atoms with Crippen molar-refractivity contribution in [3.05, 3.63) is 0 Å². The first-order valence-corrected chi connectivity index (χ1v) is 4.09. The van der Waals surface area contributed by atoms with Crippen LogP contribution in [0.4, 0.5) is 0 Å². The predicted octanol–water partition coefficient (Wildman–Crippen LogP) is 2.30. The summed E-state index contributed by atoms with van der Waals surface area (Å²) in [5.74, 6) is 0. The summed E-state index contributed by atoms with van der Waals surface area (Å²) >= 11 is 14.4. The highest BCUT2D eigenvalue weighted by Crippen LogP contribution is 1.97. The molecule has 0 fully saturated rings. The number of nitrogens with one attached hydrogen (secondary N) is 1. The lowest BCUT2D eigenvalue weighted by Gasteiger charge is -1.86. The molecule has 0 aliphatic heterocycles. The van der Waals surface area contributed by atoms with Crippen LogP contribution in [0.3, 0.4) is 0 Å². The molecule has 0 unspecified atom stereocenters. The lowest BCUT2D eigenvalue weighted by molar-refractivity contribution is 0.762. The third-order valence-electron chi connectivity index (χ3n) is 0.500. The summed E-state index contributed by atoms with van der Waals surface area (Å²) in [5.41, 5.74) is 0. The summed E-state index contributed by atoms with van der Waals surface area (Å²) in [4.78, 5) is -0.750. The second kappa shape index (κ2) is 11.7. The van der Waals surface area contributed by atoms with E-state index in [1.165, 1.54) is 0 Å². The van der Waals surface area contributed by atoms with Crippen LogP contribution in [-0.2, 0) is 0 Å². The van der Waals surface area contributed by atoms with Gasteiger partial charge in [-0.3, -0.25) is 0 Å². The van der Waals surface area contributed by atoms with Crippen LogP contribution >= 0.6 is 34.4 Å². The van der Waals surface area contributed by atoms with E-state index in [1.807, 2.05) is 0 Å². The molecule has 0 aliphatic rings. The van der Waals surface area contributed by atoms with Crippen LogP contribution in [0.5, 0.6) is 0 Å². The van der Waals surface area contributed by atoms with Gasteiger partial charge in [0.05, 0.1) is 0 Å². The molecule has 9 heavy (non-hydrogen) atoms. The maximum Gasteiger partial charge on any atom is 0.450 e. The van der Waals surface area contributed by atoms with Crippen LogP contribution in [0.15, 0.2) is 0 Å². The average molecular weight is 190 g/mol. The first kappa shape index (κ1) is 12.6. The molecular formula is C4H11BCl3N. The Balaban J connectivity index is 0. The largest absolute Gasteiger partial charge is 0.450 e. The van der Waals surface area contributed by atoms with Gasteiger partial charge in [0.2, 0.25) is 0 Å². The van der Waals surface area contributed by atoms with Gasteiger partial charge in [0.25, 0.3) is 0 Å². The Morgan fingerprint density at radius 1 is 1.11 bits per heavy atom. The molecule has 0 radical (unpaired) electrons. The van der Waals surface area contributed by atoms with Crippen molar-refractivity contribution in [2.45, 2.75) is 13.8 Å². The van der Waals surface area contributed by atoms with E-state index in [0.29, 0.717) is 0 Å². The summed E-state index contributed by atoms with van der Waals surface area (Å²) in [6, 6.07) is 0. The van der Waals surface area contributed by atoms with E-state index >= 15 is 0 Å². The van der Waals surface area contributed by atoms with E-state index in [0.717, 1.165) is 13.1 Å². The van der Waals surface area contributed by atoms with Gasteiger partial charge < -0.3 is 5.32 Å². The summed E-state index contributed by atoms with van der Waals surface area (Å²) in [5, 5.41) is 3.11. The zero-order valence-electron chi connectivity index (χ0n) is 5.63. The maximum atomic E-state index is 4.81. The van der Waals surface area contributed by atoms with Crippen molar-refractivity contribution in [3.63, 3.8) is 0 Å².